The summed E-state index contributed by atoms with van der Waals surface area (Å²) in [5, 5.41) is 2.06. The molecule has 0 spiro atoms. The SMILES string of the molecule is CC1CCC(C2=C(c3ccsc3C=O)CN(C)CC2)CC1. The average Bonchev–Trinajstić information content (AvgIpc) is 2.96. The third-order valence-corrected chi connectivity index (χ3v) is 6.06. The number of nitrogens with zero attached hydrogens (tertiary/aromatic N) is 1. The molecule has 2 nitrogen and oxygen atoms in total. The second kappa shape index (κ2) is 6.45. The Balaban J connectivity index is 1.95. The maximum Gasteiger partial charge on any atom is 0.160 e. The van der Waals surface area contributed by atoms with E-state index in [1.807, 2.05) is 0 Å². The van der Waals surface area contributed by atoms with Gasteiger partial charge < -0.3 is 4.90 Å². The number of hydrogen-bond acceptors (Lipinski definition) is 3. The Morgan fingerprint density at radius 1 is 1.29 bits per heavy atom. The average molecular weight is 303 g/mol. The summed E-state index contributed by atoms with van der Waals surface area (Å²) in [4.78, 5) is 14.6. The molecular formula is C18H25NOS. The molecule has 21 heavy (non-hydrogen) atoms. The van der Waals surface area contributed by atoms with Crippen LogP contribution in [0.3, 0.4) is 0 Å². The van der Waals surface area contributed by atoms with Crippen molar-refractivity contribution in [3.63, 3.8) is 0 Å². The minimum atomic E-state index is 0.754. The van der Waals surface area contributed by atoms with Crippen LogP contribution in [0, 0.1) is 11.8 Å². The van der Waals surface area contributed by atoms with E-state index in [1.54, 1.807) is 16.9 Å². The lowest BCUT2D eigenvalue weighted by Gasteiger charge is -2.35. The lowest BCUT2D eigenvalue weighted by Crippen LogP contribution is -2.30. The molecule has 0 N–H and O–H groups in total. The molecule has 2 aliphatic rings. The van der Waals surface area contributed by atoms with E-state index in [4.69, 9.17) is 0 Å². The van der Waals surface area contributed by atoms with Crippen LogP contribution in [-0.2, 0) is 0 Å². The standard InChI is InChI=1S/C18H25NOS/c1-13-3-5-14(6-4-13)15-7-9-19(2)11-17(15)16-8-10-21-18(16)12-20/h8,10,12-14H,3-7,9,11H2,1-2H3. The van der Waals surface area contributed by atoms with Gasteiger partial charge >= 0.3 is 0 Å². The summed E-state index contributed by atoms with van der Waals surface area (Å²) in [6, 6.07) is 2.15. The van der Waals surface area contributed by atoms with E-state index in [9.17, 15) is 4.79 Å². The Morgan fingerprint density at radius 3 is 2.76 bits per heavy atom. The molecule has 114 valence electrons. The second-order valence-electron chi connectivity index (χ2n) is 6.76. The quantitative estimate of drug-likeness (QED) is 0.768. The van der Waals surface area contributed by atoms with Crippen LogP contribution in [0.1, 0.15) is 54.3 Å². The van der Waals surface area contributed by atoms with Crippen LogP contribution in [-0.4, -0.2) is 31.3 Å². The minimum Gasteiger partial charge on any atom is -0.302 e. The lowest BCUT2D eigenvalue weighted by atomic mass is 9.75. The van der Waals surface area contributed by atoms with Gasteiger partial charge in [0, 0.05) is 18.7 Å². The number of likely N-dealkylation sites (N-methyl/N-ethyl adjacent to an activating group) is 1. The first-order valence-electron chi connectivity index (χ1n) is 8.12. The minimum absolute atomic E-state index is 0.754. The molecular weight excluding hydrogens is 278 g/mol. The van der Waals surface area contributed by atoms with E-state index < -0.39 is 0 Å². The van der Waals surface area contributed by atoms with Crippen LogP contribution in [0.2, 0.25) is 0 Å². The van der Waals surface area contributed by atoms with Crippen molar-refractivity contribution in [1.29, 1.82) is 0 Å². The van der Waals surface area contributed by atoms with Gasteiger partial charge in [-0.05, 0) is 55.2 Å². The molecule has 0 radical (unpaired) electrons. The largest absolute Gasteiger partial charge is 0.302 e. The van der Waals surface area contributed by atoms with Crippen molar-refractivity contribution in [3.8, 4) is 0 Å². The number of thiophene rings is 1. The topological polar surface area (TPSA) is 20.3 Å². The molecule has 0 unspecified atom stereocenters. The van der Waals surface area contributed by atoms with Gasteiger partial charge in [-0.15, -0.1) is 11.3 Å². The van der Waals surface area contributed by atoms with E-state index in [1.165, 1.54) is 43.2 Å². The molecule has 1 aliphatic heterocycles. The highest BCUT2D eigenvalue weighted by molar-refractivity contribution is 7.12. The summed E-state index contributed by atoms with van der Waals surface area (Å²) < 4.78 is 0. The molecule has 3 rings (SSSR count). The zero-order valence-electron chi connectivity index (χ0n) is 13.1. The Bertz CT molecular complexity index is 537. The van der Waals surface area contributed by atoms with Crippen molar-refractivity contribution in [3.05, 3.63) is 27.5 Å². The highest BCUT2D eigenvalue weighted by Crippen LogP contribution is 2.40. The van der Waals surface area contributed by atoms with Crippen molar-refractivity contribution < 1.29 is 4.79 Å². The van der Waals surface area contributed by atoms with E-state index in [0.29, 0.717) is 0 Å². The Kier molecular flexibility index (Phi) is 4.60. The summed E-state index contributed by atoms with van der Waals surface area (Å²) in [7, 11) is 2.19. The lowest BCUT2D eigenvalue weighted by molar-refractivity contribution is 0.112. The third kappa shape index (κ3) is 3.14. The van der Waals surface area contributed by atoms with Crippen LogP contribution in [0.5, 0.6) is 0 Å². The molecule has 0 aromatic carbocycles. The van der Waals surface area contributed by atoms with Crippen molar-refractivity contribution in [1.82, 2.24) is 4.90 Å². The Hall–Kier alpha value is -0.930. The highest BCUT2D eigenvalue weighted by Gasteiger charge is 2.28. The van der Waals surface area contributed by atoms with Gasteiger partial charge in [-0.3, -0.25) is 4.79 Å². The Labute approximate surface area is 131 Å². The molecule has 2 heterocycles. The van der Waals surface area contributed by atoms with E-state index in [0.717, 1.165) is 36.1 Å². The molecule has 0 saturated heterocycles. The number of hydrogen-bond donors (Lipinski definition) is 0. The van der Waals surface area contributed by atoms with Gasteiger partial charge in [0.1, 0.15) is 0 Å². The van der Waals surface area contributed by atoms with Crippen LogP contribution in [0.25, 0.3) is 5.57 Å². The van der Waals surface area contributed by atoms with Crippen molar-refractivity contribution in [2.45, 2.75) is 39.0 Å². The predicted octanol–water partition coefficient (Wildman–Crippen LogP) is 4.48. The molecule has 1 saturated carbocycles. The second-order valence-corrected chi connectivity index (χ2v) is 7.71. The normalized spacial score (nSPS) is 27.9. The van der Waals surface area contributed by atoms with Gasteiger partial charge in [0.05, 0.1) is 4.88 Å². The molecule has 1 aliphatic carbocycles. The fourth-order valence-electron chi connectivity index (χ4n) is 3.89. The van der Waals surface area contributed by atoms with Crippen molar-refractivity contribution >= 4 is 23.2 Å². The third-order valence-electron chi connectivity index (χ3n) is 5.21. The maximum atomic E-state index is 11.3. The first kappa shape index (κ1) is 15.0. The Morgan fingerprint density at radius 2 is 2.05 bits per heavy atom. The molecule has 1 fully saturated rings. The fourth-order valence-corrected chi connectivity index (χ4v) is 4.62. The van der Waals surface area contributed by atoms with Gasteiger partial charge in [0.15, 0.2) is 6.29 Å². The van der Waals surface area contributed by atoms with Crippen LogP contribution < -0.4 is 0 Å². The van der Waals surface area contributed by atoms with Gasteiger partial charge in [0.25, 0.3) is 0 Å². The summed E-state index contributed by atoms with van der Waals surface area (Å²) in [6.45, 7) is 4.54. The highest BCUT2D eigenvalue weighted by atomic mass is 32.1. The summed E-state index contributed by atoms with van der Waals surface area (Å²) in [5.41, 5.74) is 4.31. The van der Waals surface area contributed by atoms with Crippen molar-refractivity contribution in [2.75, 3.05) is 20.1 Å². The zero-order valence-corrected chi connectivity index (χ0v) is 13.9. The maximum absolute atomic E-state index is 11.3. The van der Waals surface area contributed by atoms with Crippen LogP contribution in [0.15, 0.2) is 17.0 Å². The molecule has 0 atom stereocenters. The number of rotatable bonds is 3. The first-order chi connectivity index (χ1) is 10.2. The van der Waals surface area contributed by atoms with Gasteiger partial charge in [-0.1, -0.05) is 25.3 Å². The van der Waals surface area contributed by atoms with Crippen molar-refractivity contribution in [2.24, 2.45) is 11.8 Å². The predicted molar refractivity (Wildman–Crippen MR) is 89.9 cm³/mol. The van der Waals surface area contributed by atoms with Gasteiger partial charge in [-0.25, -0.2) is 0 Å². The number of carbonyl (C=O) groups is 1. The number of aldehydes is 1. The monoisotopic (exact) mass is 303 g/mol. The zero-order chi connectivity index (χ0) is 14.8. The fraction of sp³-hybridized carbons (Fsp3) is 0.611. The molecule has 3 heteroatoms. The van der Waals surface area contributed by atoms with E-state index in [2.05, 4.69) is 30.3 Å². The van der Waals surface area contributed by atoms with Gasteiger partial charge in [-0.2, -0.15) is 0 Å². The first-order valence-corrected chi connectivity index (χ1v) is 9.00. The molecule has 0 amide bonds. The molecule has 1 aromatic rings. The van der Waals surface area contributed by atoms with E-state index >= 15 is 0 Å². The van der Waals surface area contributed by atoms with Crippen LogP contribution in [0.4, 0.5) is 0 Å². The molecule has 0 bridgehead atoms. The molecule has 1 aromatic heterocycles. The van der Waals surface area contributed by atoms with Crippen LogP contribution >= 0.6 is 11.3 Å². The summed E-state index contributed by atoms with van der Waals surface area (Å²) >= 11 is 1.57. The summed E-state index contributed by atoms with van der Waals surface area (Å²) in [5.74, 6) is 1.65. The summed E-state index contributed by atoms with van der Waals surface area (Å²) in [6.07, 6.45) is 7.61. The smallest absolute Gasteiger partial charge is 0.160 e. The van der Waals surface area contributed by atoms with Gasteiger partial charge in [0.2, 0.25) is 0 Å². The number of carbonyl (C=O) groups excluding carboxylic acids is 1. The van der Waals surface area contributed by atoms with E-state index in [-0.39, 0.29) is 0 Å².